The van der Waals surface area contributed by atoms with Crippen molar-refractivity contribution in [2.75, 3.05) is 19.3 Å². The normalized spacial score (nSPS) is 13.7. The highest BCUT2D eigenvalue weighted by atomic mass is 35.5. The summed E-state index contributed by atoms with van der Waals surface area (Å²) in [6.45, 7) is 7.84. The van der Waals surface area contributed by atoms with Crippen LogP contribution in [0.3, 0.4) is 0 Å². The summed E-state index contributed by atoms with van der Waals surface area (Å²) in [6.07, 6.45) is 5.70. The second kappa shape index (κ2) is 10.1. The van der Waals surface area contributed by atoms with Crippen LogP contribution in [0.5, 0.6) is 0 Å². The van der Waals surface area contributed by atoms with E-state index in [4.69, 9.17) is 22.3 Å². The molecule has 0 bridgehead atoms. The molecule has 0 aliphatic carbocycles. The Kier molecular flexibility index (Phi) is 7.82. The molecule has 144 valence electrons. The van der Waals surface area contributed by atoms with Gasteiger partial charge in [-0.1, -0.05) is 18.5 Å². The van der Waals surface area contributed by atoms with Gasteiger partial charge in [-0.15, -0.1) is 0 Å². The number of nitrogen functional groups attached to an aromatic ring is 1. The number of nitrogens with two attached hydrogens (primary N) is 1. The summed E-state index contributed by atoms with van der Waals surface area (Å²) < 4.78 is 0. The molecule has 27 heavy (non-hydrogen) atoms. The zero-order valence-corrected chi connectivity index (χ0v) is 17.2. The lowest BCUT2D eigenvalue weighted by molar-refractivity contribution is 0.312. The summed E-state index contributed by atoms with van der Waals surface area (Å²) in [6, 6.07) is 9.62. The fourth-order valence-electron chi connectivity index (χ4n) is 2.59. The molecule has 0 aliphatic heterocycles. The first-order valence-electron chi connectivity index (χ1n) is 9.05. The number of amidine groups is 1. The van der Waals surface area contributed by atoms with E-state index in [1.807, 2.05) is 25.1 Å². The molecule has 0 fully saturated rings. The van der Waals surface area contributed by atoms with Crippen LogP contribution in [0.25, 0.3) is 0 Å². The van der Waals surface area contributed by atoms with Crippen molar-refractivity contribution in [3.05, 3.63) is 70.6 Å². The van der Waals surface area contributed by atoms with Gasteiger partial charge in [0.15, 0.2) is 0 Å². The van der Waals surface area contributed by atoms with Crippen molar-refractivity contribution in [3.63, 3.8) is 0 Å². The standard InChI is InChI=1S/C21H28ClN5/c1-5-27(4)16(3)12-15(2)26-21(19-13-18(22)6-7-20(19)23)25-14-17-8-10-24-11-9-17/h6-13,16H,5,14,23H2,1-4H3,(H,25,26)/b15-12+. The number of allylic oxidation sites excluding steroid dienone is 1. The zero-order valence-electron chi connectivity index (χ0n) is 16.4. The minimum atomic E-state index is 0.306. The molecule has 1 heterocycles. The molecule has 0 amide bonds. The Balaban J connectivity index is 2.32. The number of hydrogen-bond acceptors (Lipinski definition) is 4. The van der Waals surface area contributed by atoms with E-state index >= 15 is 0 Å². The van der Waals surface area contributed by atoms with Crippen molar-refractivity contribution in [2.24, 2.45) is 4.99 Å². The van der Waals surface area contributed by atoms with Gasteiger partial charge in [-0.2, -0.15) is 0 Å². The molecule has 6 heteroatoms. The molecule has 1 aromatic carbocycles. The topological polar surface area (TPSA) is 66.5 Å². The highest BCUT2D eigenvalue weighted by Gasteiger charge is 2.11. The van der Waals surface area contributed by atoms with Crippen molar-refractivity contribution in [1.82, 2.24) is 15.2 Å². The summed E-state index contributed by atoms with van der Waals surface area (Å²) in [5.74, 6) is 0.701. The predicted molar refractivity (Wildman–Crippen MR) is 115 cm³/mol. The number of aliphatic imine (C=N–C) groups is 1. The largest absolute Gasteiger partial charge is 0.398 e. The van der Waals surface area contributed by atoms with E-state index in [9.17, 15) is 0 Å². The van der Waals surface area contributed by atoms with Crippen molar-refractivity contribution in [1.29, 1.82) is 0 Å². The second-order valence-corrected chi connectivity index (χ2v) is 6.98. The van der Waals surface area contributed by atoms with Crippen LogP contribution in [-0.2, 0) is 6.54 Å². The summed E-state index contributed by atoms with van der Waals surface area (Å²) in [4.78, 5) is 11.1. The van der Waals surface area contributed by atoms with Gasteiger partial charge >= 0.3 is 0 Å². The third-order valence-electron chi connectivity index (χ3n) is 4.44. The van der Waals surface area contributed by atoms with E-state index in [0.717, 1.165) is 23.4 Å². The van der Waals surface area contributed by atoms with Gasteiger partial charge < -0.3 is 16.0 Å². The van der Waals surface area contributed by atoms with Crippen LogP contribution in [0.1, 0.15) is 31.9 Å². The van der Waals surface area contributed by atoms with Crippen molar-refractivity contribution in [3.8, 4) is 0 Å². The smallest absolute Gasteiger partial charge is 0.134 e. The van der Waals surface area contributed by atoms with Crippen LogP contribution >= 0.6 is 11.6 Å². The molecule has 2 rings (SSSR count). The number of nitrogens with zero attached hydrogens (tertiary/aromatic N) is 3. The highest BCUT2D eigenvalue weighted by Crippen LogP contribution is 2.19. The lowest BCUT2D eigenvalue weighted by atomic mass is 10.1. The second-order valence-electron chi connectivity index (χ2n) is 6.54. The molecule has 1 atom stereocenters. The number of rotatable bonds is 7. The first-order chi connectivity index (χ1) is 12.9. The number of benzene rings is 1. The maximum atomic E-state index is 6.19. The molecule has 2 aromatic rings. The van der Waals surface area contributed by atoms with Gasteiger partial charge in [-0.25, -0.2) is 0 Å². The average Bonchev–Trinajstić information content (AvgIpc) is 2.67. The van der Waals surface area contributed by atoms with Gasteiger partial charge in [0.2, 0.25) is 0 Å². The monoisotopic (exact) mass is 385 g/mol. The SMILES string of the molecule is CCN(C)C(C)/C=C(\C)NC(=NCc1ccncc1)c1cc(Cl)ccc1N. The van der Waals surface area contributed by atoms with E-state index in [1.165, 1.54) is 0 Å². The van der Waals surface area contributed by atoms with Gasteiger partial charge in [-0.05, 0) is 69.4 Å². The summed E-state index contributed by atoms with van der Waals surface area (Å²) >= 11 is 6.19. The molecule has 0 saturated carbocycles. The number of hydrogen-bond donors (Lipinski definition) is 2. The van der Waals surface area contributed by atoms with Gasteiger partial charge in [-0.3, -0.25) is 9.98 Å². The minimum Gasteiger partial charge on any atom is -0.398 e. The Morgan fingerprint density at radius 1 is 1.33 bits per heavy atom. The number of aromatic nitrogens is 1. The minimum absolute atomic E-state index is 0.306. The highest BCUT2D eigenvalue weighted by molar-refractivity contribution is 6.31. The van der Waals surface area contributed by atoms with Gasteiger partial charge in [0.25, 0.3) is 0 Å². The van der Waals surface area contributed by atoms with E-state index in [0.29, 0.717) is 29.1 Å². The summed E-state index contributed by atoms with van der Waals surface area (Å²) in [5.41, 5.74) is 9.70. The average molecular weight is 386 g/mol. The van der Waals surface area contributed by atoms with Crippen LogP contribution in [0.15, 0.2) is 59.5 Å². The van der Waals surface area contributed by atoms with Crippen LogP contribution in [0, 0.1) is 0 Å². The molecule has 1 unspecified atom stereocenters. The van der Waals surface area contributed by atoms with E-state index in [1.54, 1.807) is 24.5 Å². The van der Waals surface area contributed by atoms with Crippen LogP contribution in [0.4, 0.5) is 5.69 Å². The maximum absolute atomic E-state index is 6.19. The lowest BCUT2D eigenvalue weighted by Gasteiger charge is -2.21. The molecule has 3 N–H and O–H groups in total. The molecule has 0 aliphatic rings. The van der Waals surface area contributed by atoms with E-state index in [-0.39, 0.29) is 0 Å². The Morgan fingerprint density at radius 2 is 2.04 bits per heavy atom. The molecule has 0 saturated heterocycles. The molecular weight excluding hydrogens is 358 g/mol. The number of anilines is 1. The molecular formula is C21H28ClN5. The molecule has 0 radical (unpaired) electrons. The molecule has 1 aromatic heterocycles. The van der Waals surface area contributed by atoms with Gasteiger partial charge in [0, 0.05) is 40.4 Å². The Morgan fingerprint density at radius 3 is 2.70 bits per heavy atom. The van der Waals surface area contributed by atoms with Crippen molar-refractivity contribution >= 4 is 23.1 Å². The summed E-state index contributed by atoms with van der Waals surface area (Å²) in [5, 5.41) is 4.04. The Bertz CT molecular complexity index is 801. The van der Waals surface area contributed by atoms with Crippen LogP contribution in [0.2, 0.25) is 5.02 Å². The van der Waals surface area contributed by atoms with Gasteiger partial charge in [0.1, 0.15) is 5.84 Å². The van der Waals surface area contributed by atoms with Crippen molar-refractivity contribution in [2.45, 2.75) is 33.4 Å². The predicted octanol–water partition coefficient (Wildman–Crippen LogP) is 4.10. The van der Waals surface area contributed by atoms with Crippen LogP contribution in [-0.4, -0.2) is 35.4 Å². The fourth-order valence-corrected chi connectivity index (χ4v) is 2.76. The maximum Gasteiger partial charge on any atom is 0.134 e. The third-order valence-corrected chi connectivity index (χ3v) is 4.68. The van der Waals surface area contributed by atoms with Crippen molar-refractivity contribution < 1.29 is 0 Å². The Hall–Kier alpha value is -2.37. The lowest BCUT2D eigenvalue weighted by Crippen LogP contribution is -2.30. The van der Waals surface area contributed by atoms with Crippen LogP contribution < -0.4 is 11.1 Å². The number of nitrogens with one attached hydrogen (secondary N) is 1. The first kappa shape index (κ1) is 20.9. The molecule has 5 nitrogen and oxygen atoms in total. The summed E-state index contributed by atoms with van der Waals surface area (Å²) in [7, 11) is 2.10. The molecule has 0 spiro atoms. The number of likely N-dealkylation sites (N-methyl/N-ethyl adjacent to an activating group) is 1. The van der Waals surface area contributed by atoms with E-state index in [2.05, 4.69) is 42.2 Å². The van der Waals surface area contributed by atoms with Gasteiger partial charge in [0.05, 0.1) is 6.54 Å². The zero-order chi connectivity index (χ0) is 19.8. The number of pyridine rings is 1. The Labute approximate surface area is 167 Å². The fraction of sp³-hybridized carbons (Fsp3) is 0.333. The number of halogens is 1. The first-order valence-corrected chi connectivity index (χ1v) is 9.43. The third kappa shape index (κ3) is 6.38. The quantitative estimate of drug-likeness (QED) is 0.428. The van der Waals surface area contributed by atoms with E-state index < -0.39 is 0 Å².